The summed E-state index contributed by atoms with van der Waals surface area (Å²) in [6.07, 6.45) is 4.22. The van der Waals surface area contributed by atoms with Gasteiger partial charge in [-0.15, -0.1) is 0 Å². The summed E-state index contributed by atoms with van der Waals surface area (Å²) in [5, 5.41) is 12.3. The van der Waals surface area contributed by atoms with Crippen LogP contribution in [0.25, 0.3) is 0 Å². The number of anilines is 2. The number of nitrogens with one attached hydrogen (secondary N) is 1. The van der Waals surface area contributed by atoms with Gasteiger partial charge in [0, 0.05) is 42.5 Å². The number of nitrogens with zero attached hydrogens (tertiary/aromatic N) is 3. The van der Waals surface area contributed by atoms with Gasteiger partial charge in [-0.05, 0) is 42.7 Å². The largest absolute Gasteiger partial charge is 0.376 e. The molecule has 1 aromatic carbocycles. The van der Waals surface area contributed by atoms with Gasteiger partial charge in [0.1, 0.15) is 0 Å². The molecule has 0 saturated carbocycles. The van der Waals surface area contributed by atoms with Gasteiger partial charge in [-0.3, -0.25) is 9.78 Å². The van der Waals surface area contributed by atoms with Crippen LogP contribution in [-0.4, -0.2) is 24.0 Å². The molecule has 0 spiro atoms. The number of aryl methyl sites for hydroxylation is 1. The minimum atomic E-state index is 0.0671. The molecule has 138 valence electrons. The van der Waals surface area contributed by atoms with E-state index in [9.17, 15) is 4.79 Å². The number of amides is 1. The van der Waals surface area contributed by atoms with E-state index >= 15 is 0 Å². The highest BCUT2D eigenvalue weighted by Crippen LogP contribution is 2.33. The Labute approximate surface area is 158 Å². The van der Waals surface area contributed by atoms with Crippen molar-refractivity contribution in [2.75, 3.05) is 23.4 Å². The van der Waals surface area contributed by atoms with Crippen molar-refractivity contribution in [2.24, 2.45) is 0 Å². The maximum atomic E-state index is 12.3. The predicted octanol–water partition coefficient (Wildman–Crippen LogP) is 3.35. The first-order valence-corrected chi connectivity index (χ1v) is 9.34. The van der Waals surface area contributed by atoms with Crippen LogP contribution >= 0.6 is 0 Å². The molecular formula is C21H22N4O2. The van der Waals surface area contributed by atoms with Gasteiger partial charge in [-0.25, -0.2) is 0 Å². The molecule has 2 aliphatic heterocycles. The normalized spacial score (nSPS) is 18.4. The number of rotatable bonds is 5. The molecule has 1 atom stereocenters. The Morgan fingerprint density at radius 1 is 1.33 bits per heavy atom. The lowest BCUT2D eigenvalue weighted by Gasteiger charge is -2.31. The summed E-state index contributed by atoms with van der Waals surface area (Å²) < 4.78 is 5.68. The molecule has 0 fully saturated rings. The van der Waals surface area contributed by atoms with E-state index in [2.05, 4.69) is 28.5 Å². The highest BCUT2D eigenvalue weighted by Gasteiger charge is 2.25. The minimum Gasteiger partial charge on any atom is -0.376 e. The topological polar surface area (TPSA) is 78.2 Å². The Balaban J connectivity index is 1.54. The molecule has 27 heavy (non-hydrogen) atoms. The van der Waals surface area contributed by atoms with Crippen molar-refractivity contribution in [1.82, 2.24) is 4.98 Å². The lowest BCUT2D eigenvalue weighted by molar-refractivity contribution is -0.118. The smallest absolute Gasteiger partial charge is 0.227 e. The fraction of sp³-hybridized carbons (Fsp3) is 0.381. The number of nitriles is 1. The van der Waals surface area contributed by atoms with Crippen LogP contribution in [0, 0.1) is 11.3 Å². The number of benzene rings is 1. The molecule has 4 rings (SSSR count). The standard InChI is InChI=1S/C21H22N4O2/c22-9-1-2-11-25-20-7-6-16(12-15(20)5-8-21(25)26)24-19-14-27-13-18-17(19)4-3-10-23-18/h3-4,6-7,10,12,19,24H,1-2,5,8,11,13-14H2. The number of aromatic nitrogens is 1. The van der Waals surface area contributed by atoms with Crippen molar-refractivity contribution in [3.63, 3.8) is 0 Å². The molecule has 0 aliphatic carbocycles. The zero-order valence-electron chi connectivity index (χ0n) is 15.1. The van der Waals surface area contributed by atoms with Crippen LogP contribution < -0.4 is 10.2 Å². The lowest BCUT2D eigenvalue weighted by atomic mass is 9.99. The van der Waals surface area contributed by atoms with E-state index < -0.39 is 0 Å². The van der Waals surface area contributed by atoms with E-state index in [0.29, 0.717) is 39.0 Å². The molecule has 3 heterocycles. The van der Waals surface area contributed by atoms with Crippen LogP contribution in [0.1, 0.15) is 42.1 Å². The van der Waals surface area contributed by atoms with E-state index in [1.807, 2.05) is 23.1 Å². The Morgan fingerprint density at radius 3 is 3.15 bits per heavy atom. The summed E-state index contributed by atoms with van der Waals surface area (Å²) in [6.45, 7) is 1.76. The van der Waals surface area contributed by atoms with E-state index in [0.717, 1.165) is 23.5 Å². The summed E-state index contributed by atoms with van der Waals surface area (Å²) in [7, 11) is 0. The molecule has 0 radical (unpaired) electrons. The van der Waals surface area contributed by atoms with Crippen molar-refractivity contribution in [3.8, 4) is 6.07 Å². The molecule has 1 unspecified atom stereocenters. The molecule has 2 aliphatic rings. The Bertz CT molecular complexity index is 890. The van der Waals surface area contributed by atoms with E-state index in [-0.39, 0.29) is 11.9 Å². The zero-order chi connectivity index (χ0) is 18.6. The van der Waals surface area contributed by atoms with E-state index in [1.165, 1.54) is 11.1 Å². The number of pyridine rings is 1. The van der Waals surface area contributed by atoms with Gasteiger partial charge in [-0.1, -0.05) is 6.07 Å². The van der Waals surface area contributed by atoms with Crippen molar-refractivity contribution < 1.29 is 9.53 Å². The van der Waals surface area contributed by atoms with Crippen LogP contribution in [0.2, 0.25) is 0 Å². The predicted molar refractivity (Wildman–Crippen MR) is 102 cm³/mol. The molecule has 0 bridgehead atoms. The first-order chi connectivity index (χ1) is 13.3. The molecule has 6 heteroatoms. The van der Waals surface area contributed by atoms with E-state index in [1.54, 1.807) is 6.20 Å². The quantitative estimate of drug-likeness (QED) is 0.825. The summed E-state index contributed by atoms with van der Waals surface area (Å²) in [5.74, 6) is 0.141. The number of hydrogen-bond donors (Lipinski definition) is 1. The van der Waals surface area contributed by atoms with Gasteiger partial charge < -0.3 is 15.0 Å². The average molecular weight is 362 g/mol. The van der Waals surface area contributed by atoms with Crippen LogP contribution in [-0.2, 0) is 22.6 Å². The first kappa shape index (κ1) is 17.5. The Hall–Kier alpha value is -2.91. The molecule has 1 N–H and O–H groups in total. The number of carbonyl (C=O) groups is 1. The highest BCUT2D eigenvalue weighted by molar-refractivity contribution is 5.96. The van der Waals surface area contributed by atoms with Gasteiger partial charge >= 0.3 is 0 Å². The van der Waals surface area contributed by atoms with Crippen LogP contribution in [0.15, 0.2) is 36.5 Å². The number of hydrogen-bond acceptors (Lipinski definition) is 5. The van der Waals surface area contributed by atoms with Crippen molar-refractivity contribution in [1.29, 1.82) is 5.26 Å². The molecular weight excluding hydrogens is 340 g/mol. The number of carbonyl (C=O) groups excluding carboxylic acids is 1. The van der Waals surface area contributed by atoms with Gasteiger partial charge in [0.15, 0.2) is 0 Å². The van der Waals surface area contributed by atoms with Crippen molar-refractivity contribution in [2.45, 2.75) is 38.3 Å². The summed E-state index contributed by atoms with van der Waals surface area (Å²) in [4.78, 5) is 18.5. The van der Waals surface area contributed by atoms with Gasteiger partial charge in [-0.2, -0.15) is 5.26 Å². The first-order valence-electron chi connectivity index (χ1n) is 9.34. The monoisotopic (exact) mass is 362 g/mol. The second-order valence-corrected chi connectivity index (χ2v) is 6.90. The highest BCUT2D eigenvalue weighted by atomic mass is 16.5. The van der Waals surface area contributed by atoms with Crippen LogP contribution in [0.5, 0.6) is 0 Å². The van der Waals surface area contributed by atoms with Crippen molar-refractivity contribution >= 4 is 17.3 Å². The van der Waals surface area contributed by atoms with Gasteiger partial charge in [0.2, 0.25) is 5.91 Å². The fourth-order valence-corrected chi connectivity index (χ4v) is 3.78. The Kier molecular flexibility index (Phi) is 5.03. The molecule has 1 aromatic heterocycles. The van der Waals surface area contributed by atoms with Crippen molar-refractivity contribution in [3.05, 3.63) is 53.3 Å². The molecule has 0 saturated heterocycles. The van der Waals surface area contributed by atoms with E-state index in [4.69, 9.17) is 10.00 Å². The summed E-state index contributed by atoms with van der Waals surface area (Å²) in [5.41, 5.74) is 5.31. The Morgan fingerprint density at radius 2 is 2.26 bits per heavy atom. The maximum absolute atomic E-state index is 12.3. The third-order valence-corrected chi connectivity index (χ3v) is 5.11. The lowest BCUT2D eigenvalue weighted by Crippen LogP contribution is -2.35. The molecule has 2 aromatic rings. The second kappa shape index (κ2) is 7.77. The zero-order valence-corrected chi connectivity index (χ0v) is 15.1. The average Bonchev–Trinajstić information content (AvgIpc) is 2.70. The number of fused-ring (bicyclic) bond motifs is 2. The number of ether oxygens (including phenoxy) is 1. The second-order valence-electron chi connectivity index (χ2n) is 6.90. The summed E-state index contributed by atoms with van der Waals surface area (Å²) in [6, 6.07) is 12.4. The maximum Gasteiger partial charge on any atom is 0.227 e. The molecule has 1 amide bonds. The minimum absolute atomic E-state index is 0.0671. The van der Waals surface area contributed by atoms with Crippen LogP contribution in [0.4, 0.5) is 11.4 Å². The fourth-order valence-electron chi connectivity index (χ4n) is 3.78. The third-order valence-electron chi connectivity index (χ3n) is 5.11. The SMILES string of the molecule is N#CCCCN1C(=O)CCc2cc(NC3COCc4ncccc43)ccc21. The van der Waals surface area contributed by atoms with Gasteiger partial charge in [0.05, 0.1) is 31.0 Å². The van der Waals surface area contributed by atoms with Crippen LogP contribution in [0.3, 0.4) is 0 Å². The van der Waals surface area contributed by atoms with Gasteiger partial charge in [0.25, 0.3) is 0 Å². The third kappa shape index (κ3) is 3.64. The molecule has 6 nitrogen and oxygen atoms in total. The number of unbranched alkanes of at least 4 members (excludes halogenated alkanes) is 1. The summed E-state index contributed by atoms with van der Waals surface area (Å²) >= 11 is 0.